The Morgan fingerprint density at radius 3 is 1.60 bits per heavy atom. The molecule has 16 rings (SSSR count). The SMILES string of the molecule is c1ccc(-c2c3ccccc3c(-c3ccc(-c4cccc5oc6ccccc6c45)cc3)c3ccccc23)c(-c2ccc3c(c2)-c2c(ccc4ccccc24)C32C3CC4CC(C3)CC2C4)c1. The smallest absolute Gasteiger partial charge is 0.136 e. The summed E-state index contributed by atoms with van der Waals surface area (Å²) in [5, 5.41) is 10.2. The molecule has 10 aromatic carbocycles. The number of fused-ring (bicyclic) bond motifs is 10. The van der Waals surface area contributed by atoms with Crippen molar-refractivity contribution in [3.05, 3.63) is 205 Å². The van der Waals surface area contributed by atoms with Gasteiger partial charge in [0.15, 0.2) is 0 Å². The van der Waals surface area contributed by atoms with Crippen molar-refractivity contribution in [3.63, 3.8) is 0 Å². The first kappa shape index (κ1) is 36.2. The van der Waals surface area contributed by atoms with Gasteiger partial charge in [0, 0.05) is 16.2 Å². The van der Waals surface area contributed by atoms with Crippen molar-refractivity contribution < 1.29 is 4.42 Å². The van der Waals surface area contributed by atoms with Crippen LogP contribution in [0.2, 0.25) is 0 Å². The molecule has 1 heteroatoms. The first-order valence-corrected chi connectivity index (χ1v) is 23.9. The third kappa shape index (κ3) is 4.94. The molecule has 0 unspecified atom stereocenters. The molecule has 1 heterocycles. The highest BCUT2D eigenvalue weighted by Gasteiger charge is 2.61. The van der Waals surface area contributed by atoms with Crippen molar-refractivity contribution in [1.82, 2.24) is 0 Å². The maximum atomic E-state index is 6.28. The van der Waals surface area contributed by atoms with Crippen LogP contribution >= 0.6 is 0 Å². The molecule has 4 bridgehead atoms. The van der Waals surface area contributed by atoms with Crippen LogP contribution in [0.25, 0.3) is 110 Å². The van der Waals surface area contributed by atoms with Crippen LogP contribution in [0.1, 0.15) is 43.2 Å². The summed E-state index contributed by atoms with van der Waals surface area (Å²) < 4.78 is 6.28. The molecule has 308 valence electrons. The Morgan fingerprint density at radius 2 is 0.877 bits per heavy atom. The van der Waals surface area contributed by atoms with Crippen LogP contribution in [0.15, 0.2) is 199 Å². The molecule has 65 heavy (non-hydrogen) atoms. The molecule has 1 spiro atoms. The minimum Gasteiger partial charge on any atom is -0.456 e. The fourth-order valence-corrected chi connectivity index (χ4v) is 14.7. The van der Waals surface area contributed by atoms with E-state index in [9.17, 15) is 0 Å². The van der Waals surface area contributed by atoms with Gasteiger partial charge in [-0.1, -0.05) is 176 Å². The Morgan fingerprint density at radius 1 is 0.338 bits per heavy atom. The fraction of sp³-hybridized carbons (Fsp3) is 0.156. The molecule has 0 atom stereocenters. The third-order valence-corrected chi connectivity index (χ3v) is 16.9. The van der Waals surface area contributed by atoms with Crippen molar-refractivity contribution >= 4 is 54.3 Å². The Labute approximate surface area is 379 Å². The van der Waals surface area contributed by atoms with Gasteiger partial charge in [0.2, 0.25) is 0 Å². The zero-order valence-electron chi connectivity index (χ0n) is 36.2. The highest BCUT2D eigenvalue weighted by Crippen LogP contribution is 2.70. The average Bonchev–Trinajstić information content (AvgIpc) is 3.89. The second-order valence-corrected chi connectivity index (χ2v) is 19.9. The lowest BCUT2D eigenvalue weighted by Crippen LogP contribution is -2.55. The van der Waals surface area contributed by atoms with Gasteiger partial charge in [-0.3, -0.25) is 0 Å². The van der Waals surface area contributed by atoms with Crippen molar-refractivity contribution in [2.75, 3.05) is 0 Å². The summed E-state index contributed by atoms with van der Waals surface area (Å²) in [4.78, 5) is 0. The summed E-state index contributed by atoms with van der Waals surface area (Å²) in [5.41, 5.74) is 18.2. The van der Waals surface area contributed by atoms with Gasteiger partial charge in [-0.05, 0) is 173 Å². The molecule has 5 aliphatic carbocycles. The van der Waals surface area contributed by atoms with Crippen LogP contribution in [-0.2, 0) is 5.41 Å². The molecule has 5 aliphatic rings. The van der Waals surface area contributed by atoms with Gasteiger partial charge in [-0.2, -0.15) is 0 Å². The first-order valence-electron chi connectivity index (χ1n) is 23.9. The second-order valence-electron chi connectivity index (χ2n) is 19.9. The van der Waals surface area contributed by atoms with E-state index in [2.05, 4.69) is 188 Å². The summed E-state index contributed by atoms with van der Waals surface area (Å²) in [5.74, 6) is 3.30. The fourth-order valence-electron chi connectivity index (χ4n) is 14.7. The average molecular weight is 831 g/mol. The lowest BCUT2D eigenvalue weighted by Gasteiger charge is -2.61. The highest BCUT2D eigenvalue weighted by molar-refractivity contribution is 6.22. The molecule has 0 amide bonds. The normalized spacial score (nSPS) is 21.6. The number of rotatable bonds is 4. The van der Waals surface area contributed by atoms with Crippen LogP contribution in [0, 0.1) is 23.7 Å². The van der Waals surface area contributed by atoms with E-state index >= 15 is 0 Å². The molecule has 0 saturated heterocycles. The summed E-state index contributed by atoms with van der Waals surface area (Å²) >= 11 is 0. The van der Waals surface area contributed by atoms with Gasteiger partial charge in [0.25, 0.3) is 0 Å². The van der Waals surface area contributed by atoms with Crippen molar-refractivity contribution in [1.29, 1.82) is 0 Å². The van der Waals surface area contributed by atoms with Crippen LogP contribution in [-0.4, -0.2) is 0 Å². The number of furan rings is 1. The van der Waals surface area contributed by atoms with Crippen molar-refractivity contribution in [2.45, 2.75) is 37.5 Å². The predicted molar refractivity (Wildman–Crippen MR) is 271 cm³/mol. The van der Waals surface area contributed by atoms with Gasteiger partial charge in [-0.15, -0.1) is 0 Å². The van der Waals surface area contributed by atoms with Gasteiger partial charge in [0.05, 0.1) is 0 Å². The predicted octanol–water partition coefficient (Wildman–Crippen LogP) is 17.4. The first-order chi connectivity index (χ1) is 32.2. The summed E-state index contributed by atoms with van der Waals surface area (Å²) in [6, 6.07) is 73.2. The largest absolute Gasteiger partial charge is 0.456 e. The van der Waals surface area contributed by atoms with E-state index in [-0.39, 0.29) is 5.41 Å². The van der Waals surface area contributed by atoms with Crippen LogP contribution in [0.4, 0.5) is 0 Å². The zero-order valence-corrected chi connectivity index (χ0v) is 36.2. The van der Waals surface area contributed by atoms with Gasteiger partial charge >= 0.3 is 0 Å². The van der Waals surface area contributed by atoms with E-state index < -0.39 is 0 Å². The standard InChI is InChI=1S/C64H46O/c1-2-14-47-40(12-1)28-31-57-62(47)55-37-43(29-30-56(55)64(57)44-33-38-32-39(35-44)36-45(64)34-38)46-13-3-4-15-49(46)61-52-18-7-5-16-50(52)60(51-17-6-8-19-53(51)61)42-26-24-41(25-27-42)48-21-11-23-59-63(48)54-20-9-10-22-58(54)65-59/h1-31,37-39,44-45H,32-36H2. The molecule has 1 aromatic heterocycles. The van der Waals surface area contributed by atoms with E-state index in [1.807, 2.05) is 6.07 Å². The molecule has 1 nitrogen and oxygen atoms in total. The zero-order chi connectivity index (χ0) is 42.4. The quantitative estimate of drug-likeness (QED) is 0.161. The van der Waals surface area contributed by atoms with Gasteiger partial charge in [0.1, 0.15) is 11.2 Å². The summed E-state index contributed by atoms with van der Waals surface area (Å²) in [7, 11) is 0. The minimum absolute atomic E-state index is 0.127. The lowest BCUT2D eigenvalue weighted by molar-refractivity contribution is -0.0399. The van der Waals surface area contributed by atoms with Crippen LogP contribution < -0.4 is 0 Å². The van der Waals surface area contributed by atoms with E-state index in [1.165, 1.54) is 125 Å². The van der Waals surface area contributed by atoms with Crippen LogP contribution in [0.3, 0.4) is 0 Å². The molecule has 4 saturated carbocycles. The van der Waals surface area contributed by atoms with Gasteiger partial charge in [-0.25, -0.2) is 0 Å². The number of hydrogen-bond donors (Lipinski definition) is 0. The molecule has 4 fully saturated rings. The summed E-state index contributed by atoms with van der Waals surface area (Å²) in [6.45, 7) is 0. The topological polar surface area (TPSA) is 13.1 Å². The second kappa shape index (κ2) is 13.4. The molecule has 0 radical (unpaired) electrons. The highest BCUT2D eigenvalue weighted by atomic mass is 16.3. The molecule has 11 aromatic rings. The third-order valence-electron chi connectivity index (χ3n) is 16.9. The monoisotopic (exact) mass is 830 g/mol. The van der Waals surface area contributed by atoms with Crippen LogP contribution in [0.5, 0.6) is 0 Å². The molecule has 0 aliphatic heterocycles. The van der Waals surface area contributed by atoms with E-state index in [1.54, 1.807) is 11.1 Å². The summed E-state index contributed by atoms with van der Waals surface area (Å²) in [6.07, 6.45) is 7.03. The lowest BCUT2D eigenvalue weighted by atomic mass is 9.43. The van der Waals surface area contributed by atoms with Crippen molar-refractivity contribution in [3.8, 4) is 55.6 Å². The Balaban J connectivity index is 0.908. The van der Waals surface area contributed by atoms with E-state index in [0.29, 0.717) is 0 Å². The maximum Gasteiger partial charge on any atom is 0.136 e. The Kier molecular flexibility index (Phi) is 7.46. The minimum atomic E-state index is 0.127. The molecular weight excluding hydrogens is 785 g/mol. The van der Waals surface area contributed by atoms with E-state index in [4.69, 9.17) is 4.42 Å². The molecule has 0 N–H and O–H groups in total. The van der Waals surface area contributed by atoms with Crippen molar-refractivity contribution in [2.24, 2.45) is 23.7 Å². The Bertz CT molecular complexity index is 3700. The maximum absolute atomic E-state index is 6.28. The molecular formula is C64H46O. The number of para-hydroxylation sites is 1. The number of hydrogen-bond acceptors (Lipinski definition) is 1. The Hall–Kier alpha value is -7.22. The number of benzene rings is 10. The van der Waals surface area contributed by atoms with E-state index in [0.717, 1.165) is 40.2 Å². The van der Waals surface area contributed by atoms with Gasteiger partial charge < -0.3 is 4.42 Å².